The van der Waals surface area contributed by atoms with Crippen LogP contribution in [-0.4, -0.2) is 46.1 Å². The number of aliphatic hydroxyl groups is 1. The van der Waals surface area contributed by atoms with Crippen LogP contribution < -0.4 is 10.6 Å². The van der Waals surface area contributed by atoms with Gasteiger partial charge in [0, 0.05) is 11.8 Å². The lowest BCUT2D eigenvalue weighted by molar-refractivity contribution is -0.388. The molecule has 0 aliphatic carbocycles. The average Bonchev–Trinajstić information content (AvgIpc) is 2.57. The van der Waals surface area contributed by atoms with Gasteiger partial charge in [-0.05, 0) is 19.1 Å². The molecule has 2 amide bonds. The van der Waals surface area contributed by atoms with Crippen LogP contribution in [0.3, 0.4) is 0 Å². The summed E-state index contributed by atoms with van der Waals surface area (Å²) in [6.45, 7) is -0.910. The van der Waals surface area contributed by atoms with Crippen molar-refractivity contribution in [2.75, 3.05) is 11.9 Å². The van der Waals surface area contributed by atoms with Gasteiger partial charge in [-0.25, -0.2) is 0 Å². The van der Waals surface area contributed by atoms with Crippen LogP contribution in [0.4, 0.5) is 46.5 Å². The Kier molecular flexibility index (Phi) is 6.67. The lowest BCUT2D eigenvalue weighted by Crippen LogP contribution is -2.55. The second-order valence-corrected chi connectivity index (χ2v) is 5.97. The number of rotatable bonds is 6. The van der Waals surface area contributed by atoms with Gasteiger partial charge < -0.3 is 15.7 Å². The summed E-state index contributed by atoms with van der Waals surface area (Å²) in [6, 6.07) is 1.18. The Morgan fingerprint density at radius 1 is 1.07 bits per heavy atom. The molecule has 3 N–H and O–H groups in total. The molecule has 0 radical (unpaired) electrons. The topological polar surface area (TPSA) is 122 Å². The standard InChI is InChI=1S/C14H11F8N3O5/c1-11(28,5-23-10(27)12(15,16)14(20,21)22)9(26)24-6-2-3-8(25(29)30)7(4-6)13(17,18)19/h2-4,28H,5H2,1H3,(H,23,27)(H,24,26). The zero-order chi connectivity index (χ0) is 23.7. The van der Waals surface area contributed by atoms with E-state index in [1.807, 2.05) is 0 Å². The molecule has 0 saturated heterocycles. The van der Waals surface area contributed by atoms with Crippen LogP contribution in [0, 0.1) is 10.1 Å². The number of anilines is 1. The predicted molar refractivity (Wildman–Crippen MR) is 81.4 cm³/mol. The molecular weight excluding hydrogens is 442 g/mol. The van der Waals surface area contributed by atoms with E-state index in [9.17, 15) is 59.9 Å². The largest absolute Gasteiger partial charge is 0.463 e. The van der Waals surface area contributed by atoms with Gasteiger partial charge in [-0.2, -0.15) is 35.1 Å². The van der Waals surface area contributed by atoms with Gasteiger partial charge in [0.2, 0.25) is 0 Å². The Labute approximate surface area is 161 Å². The van der Waals surface area contributed by atoms with Crippen LogP contribution in [0.5, 0.6) is 0 Å². The van der Waals surface area contributed by atoms with Crippen molar-refractivity contribution in [2.24, 2.45) is 0 Å². The first-order valence-corrected chi connectivity index (χ1v) is 7.43. The number of nitrogens with zero attached hydrogens (tertiary/aromatic N) is 1. The zero-order valence-corrected chi connectivity index (χ0v) is 14.5. The zero-order valence-electron chi connectivity index (χ0n) is 14.5. The number of nitro benzene ring substituents is 1. The van der Waals surface area contributed by atoms with E-state index in [1.54, 1.807) is 5.32 Å². The van der Waals surface area contributed by atoms with Crippen LogP contribution in [0.15, 0.2) is 18.2 Å². The fourth-order valence-electron chi connectivity index (χ4n) is 1.84. The average molecular weight is 453 g/mol. The van der Waals surface area contributed by atoms with E-state index in [0.29, 0.717) is 19.1 Å². The van der Waals surface area contributed by atoms with E-state index < -0.39 is 64.1 Å². The molecule has 0 saturated carbocycles. The van der Waals surface area contributed by atoms with Gasteiger partial charge in [0.25, 0.3) is 17.5 Å². The molecule has 1 rings (SSSR count). The Hall–Kier alpha value is -3.04. The Morgan fingerprint density at radius 2 is 1.60 bits per heavy atom. The first kappa shape index (κ1) is 25.0. The van der Waals surface area contributed by atoms with E-state index in [1.165, 1.54) is 0 Å². The fraction of sp³-hybridized carbons (Fsp3) is 0.429. The van der Waals surface area contributed by atoms with Gasteiger partial charge in [0.1, 0.15) is 5.56 Å². The maximum absolute atomic E-state index is 12.9. The summed E-state index contributed by atoms with van der Waals surface area (Å²) >= 11 is 0. The minimum atomic E-state index is -6.25. The summed E-state index contributed by atoms with van der Waals surface area (Å²) in [5, 5.41) is 23.2. The summed E-state index contributed by atoms with van der Waals surface area (Å²) in [7, 11) is 0. The molecule has 0 bridgehead atoms. The molecule has 0 aliphatic heterocycles. The highest BCUT2D eigenvalue weighted by Gasteiger charge is 2.63. The minimum Gasteiger partial charge on any atom is -0.378 e. The second-order valence-electron chi connectivity index (χ2n) is 5.97. The van der Waals surface area contributed by atoms with Crippen molar-refractivity contribution < 1.29 is 54.7 Å². The summed E-state index contributed by atoms with van der Waals surface area (Å²) in [5.74, 6) is -10.3. The maximum Gasteiger partial charge on any atom is 0.463 e. The molecule has 0 spiro atoms. The third-order valence-corrected chi connectivity index (χ3v) is 3.48. The molecule has 16 heteroatoms. The number of amides is 2. The van der Waals surface area contributed by atoms with Crippen LogP contribution in [0.1, 0.15) is 12.5 Å². The number of hydrogen-bond acceptors (Lipinski definition) is 5. The van der Waals surface area contributed by atoms with E-state index >= 15 is 0 Å². The monoisotopic (exact) mass is 453 g/mol. The van der Waals surface area contributed by atoms with Gasteiger partial charge in [-0.1, -0.05) is 0 Å². The summed E-state index contributed by atoms with van der Waals surface area (Å²) in [4.78, 5) is 32.2. The van der Waals surface area contributed by atoms with E-state index in [4.69, 9.17) is 0 Å². The van der Waals surface area contributed by atoms with Crippen molar-refractivity contribution in [1.29, 1.82) is 0 Å². The van der Waals surface area contributed by atoms with Crippen LogP contribution in [0.25, 0.3) is 0 Å². The van der Waals surface area contributed by atoms with Crippen molar-refractivity contribution in [3.05, 3.63) is 33.9 Å². The van der Waals surface area contributed by atoms with Gasteiger partial charge >= 0.3 is 18.3 Å². The van der Waals surface area contributed by atoms with Gasteiger partial charge in [0.05, 0.1) is 11.5 Å². The highest BCUT2D eigenvalue weighted by molar-refractivity contribution is 5.97. The number of carbonyl (C=O) groups excluding carboxylic acids is 2. The molecule has 1 aromatic carbocycles. The molecule has 0 aromatic heterocycles. The van der Waals surface area contributed by atoms with Crippen molar-refractivity contribution in [2.45, 2.75) is 30.8 Å². The summed E-state index contributed by atoms with van der Waals surface area (Å²) < 4.78 is 101. The third-order valence-electron chi connectivity index (χ3n) is 3.48. The fourth-order valence-corrected chi connectivity index (χ4v) is 1.84. The molecular formula is C14H11F8N3O5. The summed E-state index contributed by atoms with van der Waals surface area (Å²) in [5.41, 5.74) is -6.68. The lowest BCUT2D eigenvalue weighted by Gasteiger charge is -2.25. The number of halogens is 8. The number of carbonyl (C=O) groups is 2. The molecule has 1 atom stereocenters. The predicted octanol–water partition coefficient (Wildman–Crippen LogP) is 2.62. The number of nitro groups is 1. The molecule has 0 fully saturated rings. The Balaban J connectivity index is 2.99. The van der Waals surface area contributed by atoms with Crippen molar-refractivity contribution in [1.82, 2.24) is 5.32 Å². The third kappa shape index (κ3) is 5.52. The molecule has 0 heterocycles. The highest BCUT2D eigenvalue weighted by Crippen LogP contribution is 2.38. The van der Waals surface area contributed by atoms with E-state index in [2.05, 4.69) is 0 Å². The Morgan fingerprint density at radius 3 is 2.03 bits per heavy atom. The van der Waals surface area contributed by atoms with E-state index in [0.717, 1.165) is 5.32 Å². The first-order valence-electron chi connectivity index (χ1n) is 7.43. The van der Waals surface area contributed by atoms with Crippen molar-refractivity contribution in [3.63, 3.8) is 0 Å². The van der Waals surface area contributed by atoms with Crippen LogP contribution >= 0.6 is 0 Å². The van der Waals surface area contributed by atoms with Crippen LogP contribution in [0.2, 0.25) is 0 Å². The van der Waals surface area contributed by atoms with Crippen molar-refractivity contribution >= 4 is 23.2 Å². The van der Waals surface area contributed by atoms with Crippen molar-refractivity contribution in [3.8, 4) is 0 Å². The molecule has 1 unspecified atom stereocenters. The second kappa shape index (κ2) is 8.00. The van der Waals surface area contributed by atoms with Gasteiger partial charge in [-0.15, -0.1) is 0 Å². The maximum atomic E-state index is 12.9. The van der Waals surface area contributed by atoms with E-state index in [-0.39, 0.29) is 6.07 Å². The summed E-state index contributed by atoms with van der Waals surface area (Å²) in [6.07, 6.45) is -11.5. The molecule has 168 valence electrons. The molecule has 30 heavy (non-hydrogen) atoms. The number of hydrogen-bond donors (Lipinski definition) is 3. The number of alkyl halides is 8. The highest BCUT2D eigenvalue weighted by atomic mass is 19.4. The van der Waals surface area contributed by atoms with Gasteiger partial charge in [0.15, 0.2) is 5.60 Å². The molecule has 1 aromatic rings. The van der Waals surface area contributed by atoms with Gasteiger partial charge in [-0.3, -0.25) is 19.7 Å². The first-order chi connectivity index (χ1) is 13.3. The molecule has 0 aliphatic rings. The Bertz CT molecular complexity index is 851. The number of nitrogens with one attached hydrogen (secondary N) is 2. The smallest absolute Gasteiger partial charge is 0.378 e. The minimum absolute atomic E-state index is 0.141. The number of benzene rings is 1. The normalized spacial score (nSPS) is 14.6. The lowest BCUT2D eigenvalue weighted by atomic mass is 10.1. The van der Waals surface area contributed by atoms with Crippen LogP contribution in [-0.2, 0) is 15.8 Å². The quantitative estimate of drug-likeness (QED) is 0.347. The SMILES string of the molecule is CC(O)(CNC(=O)C(F)(F)C(F)(F)F)C(=O)Nc1ccc([N+](=O)[O-])c(C(F)(F)F)c1. The molecule has 8 nitrogen and oxygen atoms in total.